The second kappa shape index (κ2) is 8.89. The van der Waals surface area contributed by atoms with Crippen LogP contribution in [0.15, 0.2) is 76.0 Å². The summed E-state index contributed by atoms with van der Waals surface area (Å²) in [4.78, 5) is 14.9. The number of amidine groups is 1. The van der Waals surface area contributed by atoms with Crippen LogP contribution >= 0.6 is 0 Å². The molecule has 0 spiro atoms. The van der Waals surface area contributed by atoms with Crippen LogP contribution in [0.3, 0.4) is 0 Å². The van der Waals surface area contributed by atoms with Crippen LogP contribution in [0.4, 0.5) is 5.69 Å². The maximum Gasteiger partial charge on any atom is 0.284 e. The molecule has 160 valence electrons. The van der Waals surface area contributed by atoms with E-state index < -0.39 is 10.0 Å². The summed E-state index contributed by atoms with van der Waals surface area (Å²) in [5.74, 6) is 0.295. The molecule has 1 amide bonds. The molecule has 0 atom stereocenters. The Bertz CT molecular complexity index is 1250. The fourth-order valence-corrected chi connectivity index (χ4v) is 4.93. The van der Waals surface area contributed by atoms with Crippen LogP contribution in [-0.2, 0) is 10.0 Å². The highest BCUT2D eigenvalue weighted by molar-refractivity contribution is 7.90. The van der Waals surface area contributed by atoms with Gasteiger partial charge in [-0.3, -0.25) is 4.79 Å². The summed E-state index contributed by atoms with van der Waals surface area (Å²) >= 11 is 0. The lowest BCUT2D eigenvalue weighted by molar-refractivity contribution is 0.102. The van der Waals surface area contributed by atoms with Crippen molar-refractivity contribution < 1.29 is 13.2 Å². The first kappa shape index (κ1) is 21.1. The van der Waals surface area contributed by atoms with Gasteiger partial charge in [0.15, 0.2) is 0 Å². The Morgan fingerprint density at radius 2 is 1.74 bits per heavy atom. The summed E-state index contributed by atoms with van der Waals surface area (Å²) in [6.45, 7) is 0.801. The molecule has 1 heterocycles. The van der Waals surface area contributed by atoms with Gasteiger partial charge in [-0.2, -0.15) is 8.42 Å². The van der Waals surface area contributed by atoms with E-state index in [1.807, 2.05) is 48.3 Å². The molecule has 0 bridgehead atoms. The molecule has 3 aromatic rings. The zero-order chi connectivity index (χ0) is 21.8. The van der Waals surface area contributed by atoms with Crippen molar-refractivity contribution in [2.24, 2.45) is 4.40 Å². The van der Waals surface area contributed by atoms with Gasteiger partial charge in [-0.15, -0.1) is 4.40 Å². The van der Waals surface area contributed by atoms with Crippen molar-refractivity contribution in [2.45, 2.75) is 30.6 Å². The SMILES string of the molecule is CN1CCCCC/C1=N/S(=O)(=O)c1cccc(NC(=O)c2cccc3ccccc23)c1. The first-order chi connectivity index (χ1) is 14.9. The highest BCUT2D eigenvalue weighted by Gasteiger charge is 2.19. The van der Waals surface area contributed by atoms with Gasteiger partial charge < -0.3 is 10.2 Å². The molecular weight excluding hydrogens is 410 g/mol. The van der Waals surface area contributed by atoms with E-state index in [2.05, 4.69) is 9.71 Å². The molecule has 1 aliphatic heterocycles. The van der Waals surface area contributed by atoms with Crippen molar-refractivity contribution in [3.63, 3.8) is 0 Å². The van der Waals surface area contributed by atoms with E-state index in [4.69, 9.17) is 0 Å². The van der Waals surface area contributed by atoms with E-state index in [1.165, 1.54) is 12.1 Å². The summed E-state index contributed by atoms with van der Waals surface area (Å²) in [7, 11) is -2.00. The van der Waals surface area contributed by atoms with Crippen molar-refractivity contribution in [3.05, 3.63) is 72.3 Å². The number of amides is 1. The number of hydrogen-bond acceptors (Lipinski definition) is 3. The fraction of sp³-hybridized carbons (Fsp3) is 0.250. The third-order valence-corrected chi connectivity index (χ3v) is 6.78. The number of carbonyl (C=O) groups excluding carboxylic acids is 1. The van der Waals surface area contributed by atoms with Crippen molar-refractivity contribution in [1.29, 1.82) is 0 Å². The van der Waals surface area contributed by atoms with Crippen LogP contribution in [0.2, 0.25) is 0 Å². The van der Waals surface area contributed by atoms with Crippen LogP contribution in [0.1, 0.15) is 36.0 Å². The van der Waals surface area contributed by atoms with Crippen molar-refractivity contribution in [3.8, 4) is 0 Å². The lowest BCUT2D eigenvalue weighted by Crippen LogP contribution is -2.26. The van der Waals surface area contributed by atoms with Crippen LogP contribution in [0.5, 0.6) is 0 Å². The Kier molecular flexibility index (Phi) is 6.04. The molecule has 31 heavy (non-hydrogen) atoms. The fourth-order valence-electron chi connectivity index (χ4n) is 3.79. The molecule has 1 N–H and O–H groups in total. The summed E-state index contributed by atoms with van der Waals surface area (Å²) in [6, 6.07) is 19.4. The molecule has 1 aliphatic rings. The molecule has 1 fully saturated rings. The minimum absolute atomic E-state index is 0.0633. The molecule has 0 aromatic heterocycles. The van der Waals surface area contributed by atoms with E-state index >= 15 is 0 Å². The molecule has 0 unspecified atom stereocenters. The van der Waals surface area contributed by atoms with Crippen LogP contribution in [0, 0.1) is 0 Å². The largest absolute Gasteiger partial charge is 0.362 e. The van der Waals surface area contributed by atoms with E-state index in [9.17, 15) is 13.2 Å². The summed E-state index contributed by atoms with van der Waals surface area (Å²) < 4.78 is 29.9. The zero-order valence-electron chi connectivity index (χ0n) is 17.4. The van der Waals surface area contributed by atoms with E-state index in [-0.39, 0.29) is 10.8 Å². The molecule has 0 saturated carbocycles. The summed E-state index contributed by atoms with van der Waals surface area (Å²) in [5, 5.41) is 4.63. The molecule has 3 aromatic carbocycles. The van der Waals surface area contributed by atoms with Crippen molar-refractivity contribution in [2.75, 3.05) is 18.9 Å². The van der Waals surface area contributed by atoms with Crippen molar-refractivity contribution in [1.82, 2.24) is 4.90 Å². The smallest absolute Gasteiger partial charge is 0.284 e. The molecule has 7 heteroatoms. The number of sulfonamides is 1. The van der Waals surface area contributed by atoms with E-state index in [0.717, 1.165) is 36.6 Å². The first-order valence-electron chi connectivity index (χ1n) is 10.4. The third kappa shape index (κ3) is 4.77. The number of hydrogen-bond donors (Lipinski definition) is 1. The number of carbonyl (C=O) groups is 1. The molecule has 0 radical (unpaired) electrons. The van der Waals surface area contributed by atoms with Gasteiger partial charge in [0.1, 0.15) is 5.84 Å². The minimum Gasteiger partial charge on any atom is -0.362 e. The van der Waals surface area contributed by atoms with Gasteiger partial charge >= 0.3 is 0 Å². The Balaban J connectivity index is 1.60. The minimum atomic E-state index is -3.87. The van der Waals surface area contributed by atoms with Gasteiger partial charge in [-0.1, -0.05) is 48.9 Å². The van der Waals surface area contributed by atoms with Gasteiger partial charge in [-0.25, -0.2) is 0 Å². The summed E-state index contributed by atoms with van der Waals surface area (Å²) in [6.07, 6.45) is 3.68. The normalized spacial score (nSPS) is 16.3. The number of rotatable bonds is 4. The molecule has 4 rings (SSSR count). The molecule has 6 nitrogen and oxygen atoms in total. The monoisotopic (exact) mass is 435 g/mol. The number of anilines is 1. The number of fused-ring (bicyclic) bond motifs is 1. The van der Waals surface area contributed by atoms with Gasteiger partial charge in [-0.05, 0) is 47.9 Å². The number of nitrogens with one attached hydrogen (secondary N) is 1. The lowest BCUT2D eigenvalue weighted by atomic mass is 10.0. The predicted molar refractivity (Wildman–Crippen MR) is 124 cm³/mol. The Hall–Kier alpha value is -3.19. The van der Waals surface area contributed by atoms with Gasteiger partial charge in [0, 0.05) is 31.3 Å². The third-order valence-electron chi connectivity index (χ3n) is 5.48. The van der Waals surface area contributed by atoms with Gasteiger partial charge in [0.2, 0.25) is 0 Å². The van der Waals surface area contributed by atoms with E-state index in [0.29, 0.717) is 23.5 Å². The Morgan fingerprint density at radius 3 is 2.61 bits per heavy atom. The van der Waals surface area contributed by atoms with Crippen LogP contribution < -0.4 is 5.32 Å². The van der Waals surface area contributed by atoms with E-state index in [1.54, 1.807) is 18.2 Å². The van der Waals surface area contributed by atoms with Gasteiger partial charge in [0.25, 0.3) is 15.9 Å². The Morgan fingerprint density at radius 1 is 0.968 bits per heavy atom. The quantitative estimate of drug-likeness (QED) is 0.645. The molecule has 0 aliphatic carbocycles. The van der Waals surface area contributed by atoms with Gasteiger partial charge in [0.05, 0.1) is 4.90 Å². The maximum absolute atomic E-state index is 12.9. The molecular formula is C24H25N3O3S. The predicted octanol–water partition coefficient (Wildman–Crippen LogP) is 4.69. The zero-order valence-corrected chi connectivity index (χ0v) is 18.2. The highest BCUT2D eigenvalue weighted by atomic mass is 32.2. The number of nitrogens with zero attached hydrogens (tertiary/aromatic N) is 2. The second-order valence-electron chi connectivity index (χ2n) is 7.72. The standard InChI is InChI=1S/C24H25N3O3S/c1-27-16-6-2-3-15-23(27)26-31(29,30)20-12-8-11-19(17-20)25-24(28)22-14-7-10-18-9-4-5-13-21(18)22/h4-5,7-14,17H,2-3,6,15-16H2,1H3,(H,25,28)/b26-23-. The summed E-state index contributed by atoms with van der Waals surface area (Å²) in [5.41, 5.74) is 0.945. The van der Waals surface area contributed by atoms with Crippen LogP contribution in [0.25, 0.3) is 10.8 Å². The Labute approximate surface area is 182 Å². The highest BCUT2D eigenvalue weighted by Crippen LogP contribution is 2.23. The number of likely N-dealkylation sites (tertiary alicyclic amines) is 1. The molecule has 1 saturated heterocycles. The lowest BCUT2D eigenvalue weighted by Gasteiger charge is -2.17. The average molecular weight is 436 g/mol. The maximum atomic E-state index is 12.9. The first-order valence-corrected chi connectivity index (χ1v) is 11.8. The van der Waals surface area contributed by atoms with Crippen LogP contribution in [-0.4, -0.2) is 38.7 Å². The van der Waals surface area contributed by atoms with Crippen molar-refractivity contribution >= 4 is 38.2 Å². The second-order valence-corrected chi connectivity index (χ2v) is 9.33. The number of benzene rings is 3. The topological polar surface area (TPSA) is 78.8 Å². The average Bonchev–Trinajstić information content (AvgIpc) is 2.97.